The molecule has 156 valence electrons. The standard InChI is InChI=1S/C21H22N4O5/c1-21(28)17(27)15(10-26)30-20(21)25-9-13(16-18(22)23-11-24-19(16)25)6-3-12-4-7-14(29-2)8-5-12/h4-5,7-9,11,15,17,20,26-28H,10H2,1-2H3,(H2,22,23,24)/t15-,17-,20-,21-/m1/s1. The number of nitrogens with zero attached hydrogens (tertiary/aromatic N) is 3. The van der Waals surface area contributed by atoms with Gasteiger partial charge in [-0.15, -0.1) is 0 Å². The minimum absolute atomic E-state index is 0.231. The first-order chi connectivity index (χ1) is 14.4. The minimum Gasteiger partial charge on any atom is -0.497 e. The topological polar surface area (TPSA) is 136 Å². The lowest BCUT2D eigenvalue weighted by atomic mass is 9.96. The van der Waals surface area contributed by atoms with Crippen molar-refractivity contribution in [3.8, 4) is 17.6 Å². The van der Waals surface area contributed by atoms with Gasteiger partial charge in [-0.1, -0.05) is 11.8 Å². The van der Waals surface area contributed by atoms with Crippen molar-refractivity contribution in [2.24, 2.45) is 0 Å². The van der Waals surface area contributed by atoms with Crippen LogP contribution in [0.25, 0.3) is 11.0 Å². The van der Waals surface area contributed by atoms with Gasteiger partial charge in [0.25, 0.3) is 0 Å². The number of fused-ring (bicyclic) bond motifs is 1. The van der Waals surface area contributed by atoms with E-state index in [-0.39, 0.29) is 5.82 Å². The molecule has 1 aromatic carbocycles. The van der Waals surface area contributed by atoms with Crippen LogP contribution in [-0.2, 0) is 4.74 Å². The van der Waals surface area contributed by atoms with Crippen molar-refractivity contribution in [1.82, 2.24) is 14.5 Å². The lowest BCUT2D eigenvalue weighted by Gasteiger charge is -2.27. The second kappa shape index (κ2) is 7.59. The van der Waals surface area contributed by atoms with E-state index in [1.54, 1.807) is 17.9 Å². The molecule has 0 bridgehead atoms. The van der Waals surface area contributed by atoms with Gasteiger partial charge in [0.2, 0.25) is 0 Å². The molecule has 1 saturated heterocycles. The second-order valence-electron chi connectivity index (χ2n) is 7.27. The number of hydrogen-bond acceptors (Lipinski definition) is 8. The van der Waals surface area contributed by atoms with Crippen molar-refractivity contribution in [3.05, 3.63) is 47.9 Å². The lowest BCUT2D eigenvalue weighted by molar-refractivity contribution is -0.0948. The Labute approximate surface area is 172 Å². The zero-order chi connectivity index (χ0) is 21.5. The number of hydrogen-bond donors (Lipinski definition) is 4. The van der Waals surface area contributed by atoms with Crippen molar-refractivity contribution in [2.45, 2.75) is 31.0 Å². The maximum Gasteiger partial charge on any atom is 0.167 e. The van der Waals surface area contributed by atoms with E-state index in [1.165, 1.54) is 13.3 Å². The molecule has 3 heterocycles. The third-order valence-corrected chi connectivity index (χ3v) is 5.26. The molecule has 3 aromatic rings. The van der Waals surface area contributed by atoms with Gasteiger partial charge in [-0.3, -0.25) is 0 Å². The molecule has 0 aliphatic carbocycles. The summed E-state index contributed by atoms with van der Waals surface area (Å²) in [5.41, 5.74) is 6.13. The van der Waals surface area contributed by atoms with Gasteiger partial charge in [-0.2, -0.15) is 0 Å². The lowest BCUT2D eigenvalue weighted by Crippen LogP contribution is -2.44. The Hall–Kier alpha value is -3.16. The van der Waals surface area contributed by atoms with Gasteiger partial charge in [-0.25, -0.2) is 9.97 Å². The van der Waals surface area contributed by atoms with Gasteiger partial charge < -0.3 is 35.1 Å². The molecule has 0 amide bonds. The van der Waals surface area contributed by atoms with Crippen LogP contribution in [0.1, 0.15) is 24.3 Å². The van der Waals surface area contributed by atoms with Crippen molar-refractivity contribution >= 4 is 16.9 Å². The first-order valence-electron chi connectivity index (χ1n) is 9.30. The van der Waals surface area contributed by atoms with E-state index < -0.39 is 30.6 Å². The molecule has 9 heteroatoms. The summed E-state index contributed by atoms with van der Waals surface area (Å²) >= 11 is 0. The average molecular weight is 410 g/mol. The van der Waals surface area contributed by atoms with Crippen molar-refractivity contribution in [1.29, 1.82) is 0 Å². The molecule has 0 radical (unpaired) electrons. The third kappa shape index (κ3) is 3.26. The zero-order valence-electron chi connectivity index (χ0n) is 16.5. The van der Waals surface area contributed by atoms with E-state index in [4.69, 9.17) is 15.2 Å². The predicted octanol–water partition coefficient (Wildman–Crippen LogP) is 0.423. The number of benzene rings is 1. The Morgan fingerprint density at radius 1 is 1.27 bits per heavy atom. The summed E-state index contributed by atoms with van der Waals surface area (Å²) in [5, 5.41) is 31.2. The van der Waals surface area contributed by atoms with Crippen molar-refractivity contribution < 1.29 is 24.8 Å². The normalized spacial score (nSPS) is 25.8. The first kappa shape index (κ1) is 20.1. The Morgan fingerprint density at radius 2 is 2.00 bits per heavy atom. The molecular weight excluding hydrogens is 388 g/mol. The van der Waals surface area contributed by atoms with Gasteiger partial charge in [0.1, 0.15) is 41.4 Å². The molecule has 0 unspecified atom stereocenters. The quantitative estimate of drug-likeness (QED) is 0.456. The zero-order valence-corrected chi connectivity index (χ0v) is 16.5. The van der Waals surface area contributed by atoms with Crippen molar-refractivity contribution in [3.63, 3.8) is 0 Å². The number of ether oxygens (including phenoxy) is 2. The number of nitrogens with two attached hydrogens (primary N) is 1. The fourth-order valence-electron chi connectivity index (χ4n) is 3.59. The number of aliphatic hydroxyl groups excluding tert-OH is 2. The summed E-state index contributed by atoms with van der Waals surface area (Å²) in [7, 11) is 1.59. The number of nitrogen functional groups attached to an aromatic ring is 1. The average Bonchev–Trinajstić information content (AvgIpc) is 3.22. The number of aliphatic hydroxyl groups is 3. The second-order valence-corrected chi connectivity index (χ2v) is 7.27. The monoisotopic (exact) mass is 410 g/mol. The molecule has 0 saturated carbocycles. The van der Waals surface area contributed by atoms with Gasteiger partial charge in [0, 0.05) is 11.8 Å². The molecule has 0 spiro atoms. The summed E-state index contributed by atoms with van der Waals surface area (Å²) in [4.78, 5) is 8.32. The molecule has 1 aliphatic rings. The summed E-state index contributed by atoms with van der Waals surface area (Å²) in [6.07, 6.45) is -0.262. The molecule has 30 heavy (non-hydrogen) atoms. The van der Waals surface area contributed by atoms with E-state index in [0.29, 0.717) is 16.6 Å². The van der Waals surface area contributed by atoms with Crippen LogP contribution < -0.4 is 10.5 Å². The van der Waals surface area contributed by atoms with Crippen LogP contribution >= 0.6 is 0 Å². The molecule has 1 aliphatic heterocycles. The van der Waals surface area contributed by atoms with Crippen LogP contribution in [0, 0.1) is 11.8 Å². The van der Waals surface area contributed by atoms with E-state index in [2.05, 4.69) is 21.8 Å². The molecular formula is C21H22N4O5. The predicted molar refractivity (Wildman–Crippen MR) is 109 cm³/mol. The molecule has 4 rings (SSSR count). The molecule has 9 nitrogen and oxygen atoms in total. The molecule has 4 atom stereocenters. The minimum atomic E-state index is -1.67. The summed E-state index contributed by atoms with van der Waals surface area (Å²) in [5.74, 6) is 7.09. The maximum atomic E-state index is 10.8. The SMILES string of the molecule is COc1ccc(C#Cc2cn([C@@H]3O[C@H](CO)[C@@H](O)[C@@]3(C)O)c3ncnc(N)c23)cc1. The van der Waals surface area contributed by atoms with E-state index in [1.807, 2.05) is 24.3 Å². The number of anilines is 1. The van der Waals surface area contributed by atoms with Crippen LogP contribution in [0.4, 0.5) is 5.82 Å². The first-order valence-corrected chi connectivity index (χ1v) is 9.30. The van der Waals surface area contributed by atoms with Gasteiger partial charge >= 0.3 is 0 Å². The summed E-state index contributed by atoms with van der Waals surface area (Å²) in [6.45, 7) is 1.01. The van der Waals surface area contributed by atoms with Crippen LogP contribution in [0.3, 0.4) is 0 Å². The van der Waals surface area contributed by atoms with Crippen LogP contribution in [0.5, 0.6) is 5.75 Å². The van der Waals surface area contributed by atoms with Crippen LogP contribution in [0.15, 0.2) is 36.8 Å². The van der Waals surface area contributed by atoms with Gasteiger partial charge in [0.15, 0.2) is 6.23 Å². The fourth-order valence-corrected chi connectivity index (χ4v) is 3.59. The smallest absolute Gasteiger partial charge is 0.167 e. The Morgan fingerprint density at radius 3 is 2.63 bits per heavy atom. The van der Waals surface area contributed by atoms with Gasteiger partial charge in [-0.05, 0) is 31.2 Å². The largest absolute Gasteiger partial charge is 0.497 e. The molecule has 1 fully saturated rings. The number of methoxy groups -OCH3 is 1. The highest BCUT2D eigenvalue weighted by molar-refractivity contribution is 5.92. The Bertz CT molecular complexity index is 1130. The number of rotatable bonds is 3. The Balaban J connectivity index is 1.81. The summed E-state index contributed by atoms with van der Waals surface area (Å²) < 4.78 is 12.4. The highest BCUT2D eigenvalue weighted by Crippen LogP contribution is 2.40. The highest BCUT2D eigenvalue weighted by Gasteiger charge is 2.53. The van der Waals surface area contributed by atoms with E-state index >= 15 is 0 Å². The molecule has 5 N–H and O–H groups in total. The van der Waals surface area contributed by atoms with E-state index in [0.717, 1.165) is 11.3 Å². The van der Waals surface area contributed by atoms with Crippen molar-refractivity contribution in [2.75, 3.05) is 19.5 Å². The van der Waals surface area contributed by atoms with Crippen LogP contribution in [-0.4, -0.2) is 61.4 Å². The summed E-state index contributed by atoms with van der Waals surface area (Å²) in [6, 6.07) is 7.28. The maximum absolute atomic E-state index is 10.8. The Kier molecular flexibility index (Phi) is 5.09. The molecule has 2 aromatic heterocycles. The number of aromatic nitrogens is 3. The third-order valence-electron chi connectivity index (χ3n) is 5.26. The van der Waals surface area contributed by atoms with Gasteiger partial charge in [0.05, 0.1) is 24.7 Å². The fraction of sp³-hybridized carbons (Fsp3) is 0.333. The van der Waals surface area contributed by atoms with E-state index in [9.17, 15) is 15.3 Å². The van der Waals surface area contributed by atoms with Crippen LogP contribution in [0.2, 0.25) is 0 Å². The highest BCUT2D eigenvalue weighted by atomic mass is 16.6.